The van der Waals surface area contributed by atoms with Crippen LogP contribution in [-0.2, 0) is 4.79 Å². The topological polar surface area (TPSA) is 63.9 Å². The van der Waals surface area contributed by atoms with Gasteiger partial charge in [0.2, 0.25) is 11.1 Å². The highest BCUT2D eigenvalue weighted by atomic mass is 32.2. The number of thioether (sulfide) groups is 1. The smallest absolute Gasteiger partial charge is 0.233 e. The number of nitrogens with zero attached hydrogens (tertiary/aromatic N) is 5. The number of benzene rings is 1. The molecule has 0 saturated carbocycles. The molecule has 1 aromatic heterocycles. The number of aromatic nitrogens is 4. The summed E-state index contributed by atoms with van der Waals surface area (Å²) in [6.07, 6.45) is 3.42. The molecule has 7 heteroatoms. The van der Waals surface area contributed by atoms with E-state index in [0.717, 1.165) is 42.8 Å². The third kappa shape index (κ3) is 3.84. The summed E-state index contributed by atoms with van der Waals surface area (Å²) in [7, 11) is 0. The van der Waals surface area contributed by atoms with E-state index in [1.54, 1.807) is 4.68 Å². The monoisotopic (exact) mass is 343 g/mol. The van der Waals surface area contributed by atoms with E-state index in [0.29, 0.717) is 10.9 Å². The Morgan fingerprint density at radius 2 is 1.92 bits per heavy atom. The first-order chi connectivity index (χ1) is 11.6. The molecule has 0 spiro atoms. The van der Waals surface area contributed by atoms with Gasteiger partial charge in [0.25, 0.3) is 0 Å². The molecule has 6 nitrogen and oxygen atoms in total. The van der Waals surface area contributed by atoms with Crippen molar-refractivity contribution in [2.24, 2.45) is 0 Å². The molecule has 0 aliphatic carbocycles. The molecule has 1 aliphatic rings. The van der Waals surface area contributed by atoms with Gasteiger partial charge in [0.05, 0.1) is 11.4 Å². The van der Waals surface area contributed by atoms with Crippen molar-refractivity contribution in [3.05, 3.63) is 36.4 Å². The fourth-order valence-corrected chi connectivity index (χ4v) is 3.47. The van der Waals surface area contributed by atoms with Crippen molar-refractivity contribution in [3.8, 4) is 5.69 Å². The van der Waals surface area contributed by atoms with Gasteiger partial charge in [0.15, 0.2) is 0 Å². The standard InChI is InChI=1S/C17H21N5OS/c1-13(2)14-6-8-15(9-7-14)22-17(18-19-20-22)24-12-16(23)21-10-4-3-5-11-21/h6-9H,1,3-5,10-12H2,2H3. The van der Waals surface area contributed by atoms with Gasteiger partial charge in [-0.2, -0.15) is 4.68 Å². The number of rotatable bonds is 5. The van der Waals surface area contributed by atoms with E-state index in [-0.39, 0.29) is 5.91 Å². The SMILES string of the molecule is C=C(C)c1ccc(-n2nnnc2SCC(=O)N2CCCCC2)cc1. The molecular weight excluding hydrogens is 322 g/mol. The Bertz CT molecular complexity index is 719. The summed E-state index contributed by atoms with van der Waals surface area (Å²) in [5.74, 6) is 0.524. The van der Waals surface area contributed by atoms with Gasteiger partial charge in [-0.15, -0.1) is 5.10 Å². The van der Waals surface area contributed by atoms with Crippen molar-refractivity contribution in [2.75, 3.05) is 18.8 Å². The zero-order chi connectivity index (χ0) is 16.9. The maximum Gasteiger partial charge on any atom is 0.233 e. The van der Waals surface area contributed by atoms with Gasteiger partial charge in [-0.3, -0.25) is 4.79 Å². The quantitative estimate of drug-likeness (QED) is 0.781. The molecule has 1 saturated heterocycles. The van der Waals surface area contributed by atoms with Crippen LogP contribution in [0.3, 0.4) is 0 Å². The Morgan fingerprint density at radius 1 is 1.21 bits per heavy atom. The van der Waals surface area contributed by atoms with E-state index in [1.807, 2.05) is 36.1 Å². The summed E-state index contributed by atoms with van der Waals surface area (Å²) in [6.45, 7) is 7.64. The van der Waals surface area contributed by atoms with Crippen LogP contribution in [0.5, 0.6) is 0 Å². The van der Waals surface area contributed by atoms with E-state index in [4.69, 9.17) is 0 Å². The lowest BCUT2D eigenvalue weighted by atomic mass is 10.1. The van der Waals surface area contributed by atoms with E-state index in [1.165, 1.54) is 18.2 Å². The van der Waals surface area contributed by atoms with Crippen LogP contribution >= 0.6 is 11.8 Å². The molecule has 0 atom stereocenters. The van der Waals surface area contributed by atoms with Crippen molar-refractivity contribution in [3.63, 3.8) is 0 Å². The Hall–Kier alpha value is -2.15. The minimum atomic E-state index is 0.159. The Balaban J connectivity index is 1.66. The summed E-state index contributed by atoms with van der Waals surface area (Å²) in [4.78, 5) is 14.2. The highest BCUT2D eigenvalue weighted by molar-refractivity contribution is 7.99. The maximum atomic E-state index is 12.3. The number of tetrazole rings is 1. The lowest BCUT2D eigenvalue weighted by Gasteiger charge is -2.26. The molecule has 126 valence electrons. The summed E-state index contributed by atoms with van der Waals surface area (Å²) >= 11 is 1.38. The molecule has 1 amide bonds. The van der Waals surface area contributed by atoms with Gasteiger partial charge in [0.1, 0.15) is 0 Å². The highest BCUT2D eigenvalue weighted by Gasteiger charge is 2.18. The second-order valence-corrected chi connectivity index (χ2v) is 6.87. The largest absolute Gasteiger partial charge is 0.342 e. The summed E-state index contributed by atoms with van der Waals surface area (Å²) in [5.41, 5.74) is 2.97. The van der Waals surface area contributed by atoms with Crippen LogP contribution in [0.1, 0.15) is 31.7 Å². The number of allylic oxidation sites excluding steroid dienone is 1. The molecule has 24 heavy (non-hydrogen) atoms. The number of hydrogen-bond donors (Lipinski definition) is 0. The van der Waals surface area contributed by atoms with Crippen LogP contribution in [0.4, 0.5) is 0 Å². The molecule has 0 N–H and O–H groups in total. The number of amides is 1. The molecule has 0 bridgehead atoms. The van der Waals surface area contributed by atoms with Gasteiger partial charge in [-0.05, 0) is 54.3 Å². The van der Waals surface area contributed by atoms with E-state index < -0.39 is 0 Å². The minimum Gasteiger partial charge on any atom is -0.342 e. The molecule has 0 radical (unpaired) electrons. The van der Waals surface area contributed by atoms with Crippen LogP contribution in [0, 0.1) is 0 Å². The Kier molecular flexibility index (Phi) is 5.30. The minimum absolute atomic E-state index is 0.159. The lowest BCUT2D eigenvalue weighted by molar-refractivity contribution is -0.129. The van der Waals surface area contributed by atoms with E-state index >= 15 is 0 Å². The molecule has 3 rings (SSSR count). The number of likely N-dealkylation sites (tertiary alicyclic amines) is 1. The van der Waals surface area contributed by atoms with Crippen LogP contribution in [0.25, 0.3) is 11.3 Å². The molecule has 1 aliphatic heterocycles. The maximum absolute atomic E-state index is 12.3. The molecular formula is C17H21N5OS. The fourth-order valence-electron chi connectivity index (χ4n) is 2.68. The summed E-state index contributed by atoms with van der Waals surface area (Å²) in [6, 6.07) is 7.90. The first kappa shape index (κ1) is 16.7. The van der Waals surface area contributed by atoms with Crippen LogP contribution in [-0.4, -0.2) is 49.9 Å². The van der Waals surface area contributed by atoms with Crippen LogP contribution in [0.15, 0.2) is 36.0 Å². The zero-order valence-corrected chi connectivity index (χ0v) is 14.6. The molecule has 2 heterocycles. The molecule has 2 aromatic rings. The Labute approximate surface area is 145 Å². The number of carbonyl (C=O) groups excluding carboxylic acids is 1. The first-order valence-electron chi connectivity index (χ1n) is 8.10. The predicted molar refractivity (Wildman–Crippen MR) is 95.0 cm³/mol. The normalized spacial score (nSPS) is 14.6. The lowest BCUT2D eigenvalue weighted by Crippen LogP contribution is -2.36. The van der Waals surface area contributed by atoms with Gasteiger partial charge in [-0.1, -0.05) is 36.0 Å². The van der Waals surface area contributed by atoms with Crippen molar-refractivity contribution in [1.82, 2.24) is 25.1 Å². The fraction of sp³-hybridized carbons (Fsp3) is 0.412. The highest BCUT2D eigenvalue weighted by Crippen LogP contribution is 2.21. The second-order valence-electron chi connectivity index (χ2n) is 5.93. The molecule has 1 fully saturated rings. The average molecular weight is 343 g/mol. The van der Waals surface area contributed by atoms with Crippen LogP contribution in [0.2, 0.25) is 0 Å². The van der Waals surface area contributed by atoms with Crippen molar-refractivity contribution in [2.45, 2.75) is 31.3 Å². The van der Waals surface area contributed by atoms with E-state index in [2.05, 4.69) is 22.1 Å². The number of piperidine rings is 1. The third-order valence-electron chi connectivity index (χ3n) is 4.08. The van der Waals surface area contributed by atoms with Gasteiger partial charge in [0, 0.05) is 13.1 Å². The summed E-state index contributed by atoms with van der Waals surface area (Å²) in [5, 5.41) is 12.5. The average Bonchev–Trinajstić information content (AvgIpc) is 3.09. The van der Waals surface area contributed by atoms with Crippen LogP contribution < -0.4 is 0 Å². The third-order valence-corrected chi connectivity index (χ3v) is 4.98. The number of hydrogen-bond acceptors (Lipinski definition) is 5. The number of carbonyl (C=O) groups is 1. The molecule has 1 aromatic carbocycles. The molecule has 0 unspecified atom stereocenters. The van der Waals surface area contributed by atoms with Crippen molar-refractivity contribution < 1.29 is 4.79 Å². The van der Waals surface area contributed by atoms with E-state index in [9.17, 15) is 4.79 Å². The first-order valence-corrected chi connectivity index (χ1v) is 9.09. The Morgan fingerprint density at radius 3 is 2.58 bits per heavy atom. The van der Waals surface area contributed by atoms with Gasteiger partial charge >= 0.3 is 0 Å². The van der Waals surface area contributed by atoms with Gasteiger partial charge in [-0.25, -0.2) is 0 Å². The van der Waals surface area contributed by atoms with Gasteiger partial charge < -0.3 is 4.90 Å². The predicted octanol–water partition coefficient (Wildman–Crippen LogP) is 2.80. The zero-order valence-electron chi connectivity index (χ0n) is 13.8. The summed E-state index contributed by atoms with van der Waals surface area (Å²) < 4.78 is 1.66. The van der Waals surface area contributed by atoms with Crippen molar-refractivity contribution >= 4 is 23.2 Å². The second kappa shape index (κ2) is 7.61. The van der Waals surface area contributed by atoms with Crippen molar-refractivity contribution in [1.29, 1.82) is 0 Å².